The van der Waals surface area contributed by atoms with Crippen LogP contribution in [0.25, 0.3) is 0 Å². The molecule has 0 amide bonds. The number of hydrogen-bond acceptors (Lipinski definition) is 3. The first-order chi connectivity index (χ1) is 7.64. The van der Waals surface area contributed by atoms with Crippen molar-refractivity contribution >= 4 is 16.1 Å². The summed E-state index contributed by atoms with van der Waals surface area (Å²) >= 11 is 0. The molecule has 0 saturated heterocycles. The van der Waals surface area contributed by atoms with E-state index >= 15 is 0 Å². The van der Waals surface area contributed by atoms with E-state index in [4.69, 9.17) is 0 Å². The van der Waals surface area contributed by atoms with Crippen LogP contribution in [0.15, 0.2) is 34.7 Å². The monoisotopic (exact) mass is 239 g/mol. The van der Waals surface area contributed by atoms with Crippen molar-refractivity contribution < 1.29 is 13.2 Å². The number of unbranched alkanes of at least 4 members (excludes halogenated alkanes) is 1. The van der Waals surface area contributed by atoms with Gasteiger partial charge in [-0.2, -0.15) is 0 Å². The van der Waals surface area contributed by atoms with Crippen molar-refractivity contribution in [2.24, 2.45) is 4.40 Å². The molecule has 4 nitrogen and oxygen atoms in total. The summed E-state index contributed by atoms with van der Waals surface area (Å²) < 4.78 is 24.8. The Balaban J connectivity index is 2.30. The standard InChI is InChI=1S/C11H13NO3S/c13-10-12-16(14,15)9-5-4-8-11-6-2-1-3-7-11/h1-3,6-7H,4-5,8-9H2. The number of isocyanates is 1. The molecule has 0 aliphatic rings. The second-order valence-corrected chi connectivity index (χ2v) is 5.17. The second kappa shape index (κ2) is 6.20. The van der Waals surface area contributed by atoms with E-state index in [0.29, 0.717) is 6.42 Å². The molecule has 0 radical (unpaired) electrons. The summed E-state index contributed by atoms with van der Waals surface area (Å²) in [6.07, 6.45) is 3.15. The molecular formula is C11H13NO3S. The lowest BCUT2D eigenvalue weighted by molar-refractivity contribution is 0.563. The van der Waals surface area contributed by atoms with E-state index in [1.54, 1.807) is 0 Å². The van der Waals surface area contributed by atoms with Crippen molar-refractivity contribution in [3.05, 3.63) is 35.9 Å². The highest BCUT2D eigenvalue weighted by atomic mass is 32.2. The maximum atomic E-state index is 11.0. The minimum absolute atomic E-state index is 0.0882. The Bertz CT molecular complexity index is 461. The van der Waals surface area contributed by atoms with Crippen molar-refractivity contribution in [1.82, 2.24) is 0 Å². The Morgan fingerprint density at radius 1 is 1.12 bits per heavy atom. The number of carbonyl (C=O) groups excluding carboxylic acids is 1. The highest BCUT2D eigenvalue weighted by Gasteiger charge is 2.06. The van der Waals surface area contributed by atoms with E-state index in [1.807, 2.05) is 30.3 Å². The van der Waals surface area contributed by atoms with Crippen LogP contribution in [0.2, 0.25) is 0 Å². The maximum absolute atomic E-state index is 11.0. The molecule has 5 heteroatoms. The molecule has 0 heterocycles. The first kappa shape index (κ1) is 12.6. The average Bonchev–Trinajstić information content (AvgIpc) is 2.26. The van der Waals surface area contributed by atoms with E-state index in [9.17, 15) is 13.2 Å². The predicted octanol–water partition coefficient (Wildman–Crippen LogP) is 1.67. The SMILES string of the molecule is O=C=NS(=O)(=O)CCCCc1ccccc1. The van der Waals surface area contributed by atoms with Gasteiger partial charge in [0.25, 0.3) is 16.1 Å². The number of aryl methyl sites for hydroxylation is 1. The summed E-state index contributed by atoms with van der Waals surface area (Å²) in [5.41, 5.74) is 1.18. The number of sulfonamides is 1. The predicted molar refractivity (Wildman–Crippen MR) is 61.3 cm³/mol. The Labute approximate surface area is 95.1 Å². The zero-order valence-electron chi connectivity index (χ0n) is 8.80. The largest absolute Gasteiger partial charge is 0.263 e. The van der Waals surface area contributed by atoms with E-state index in [0.717, 1.165) is 18.9 Å². The summed E-state index contributed by atoms with van der Waals surface area (Å²) in [5, 5.41) is 0. The number of benzene rings is 1. The van der Waals surface area contributed by atoms with Crippen LogP contribution in [-0.4, -0.2) is 20.3 Å². The molecule has 1 aromatic carbocycles. The first-order valence-corrected chi connectivity index (χ1v) is 6.61. The topological polar surface area (TPSA) is 63.6 Å². The zero-order chi connectivity index (χ0) is 11.9. The molecule has 0 unspecified atom stereocenters. The zero-order valence-corrected chi connectivity index (χ0v) is 9.61. The Kier molecular flexibility index (Phi) is 4.89. The van der Waals surface area contributed by atoms with Crippen molar-refractivity contribution in [3.63, 3.8) is 0 Å². The average molecular weight is 239 g/mol. The molecule has 0 atom stereocenters. The lowest BCUT2D eigenvalue weighted by Gasteiger charge is -2.00. The van der Waals surface area contributed by atoms with Gasteiger partial charge in [-0.15, -0.1) is 0 Å². The van der Waals surface area contributed by atoms with Gasteiger partial charge in [-0.3, -0.25) is 0 Å². The molecule has 1 aromatic rings. The summed E-state index contributed by atoms with van der Waals surface area (Å²) in [5.74, 6) is -0.0882. The van der Waals surface area contributed by atoms with Crippen molar-refractivity contribution in [1.29, 1.82) is 0 Å². The molecule has 86 valence electrons. The third-order valence-electron chi connectivity index (χ3n) is 2.14. The van der Waals surface area contributed by atoms with Crippen molar-refractivity contribution in [3.8, 4) is 0 Å². The van der Waals surface area contributed by atoms with E-state index in [2.05, 4.69) is 4.40 Å². The molecule has 0 spiro atoms. The molecule has 0 bridgehead atoms. The number of rotatable bonds is 6. The van der Waals surface area contributed by atoms with Gasteiger partial charge in [0.05, 0.1) is 5.75 Å². The summed E-state index contributed by atoms with van der Waals surface area (Å²) in [7, 11) is -3.58. The van der Waals surface area contributed by atoms with Gasteiger partial charge in [-0.05, 0) is 24.8 Å². The van der Waals surface area contributed by atoms with Crippen LogP contribution in [0.4, 0.5) is 0 Å². The number of hydrogen-bond donors (Lipinski definition) is 0. The third-order valence-corrected chi connectivity index (χ3v) is 3.29. The summed E-state index contributed by atoms with van der Waals surface area (Å²) in [4.78, 5) is 9.80. The first-order valence-electron chi connectivity index (χ1n) is 5.00. The highest BCUT2D eigenvalue weighted by Crippen LogP contribution is 2.06. The van der Waals surface area contributed by atoms with Crippen LogP contribution in [0.1, 0.15) is 18.4 Å². The van der Waals surface area contributed by atoms with Crippen LogP contribution in [0, 0.1) is 0 Å². The van der Waals surface area contributed by atoms with Gasteiger partial charge in [0.1, 0.15) is 0 Å². The molecular weight excluding hydrogens is 226 g/mol. The van der Waals surface area contributed by atoms with Crippen LogP contribution >= 0.6 is 0 Å². The van der Waals surface area contributed by atoms with Gasteiger partial charge in [0.15, 0.2) is 0 Å². The third kappa shape index (κ3) is 4.87. The molecule has 0 saturated carbocycles. The van der Waals surface area contributed by atoms with Crippen LogP contribution in [0.5, 0.6) is 0 Å². The minimum atomic E-state index is -3.58. The van der Waals surface area contributed by atoms with E-state index < -0.39 is 10.0 Å². The molecule has 1 rings (SSSR count). The molecule has 0 aliphatic heterocycles. The molecule has 16 heavy (non-hydrogen) atoms. The Morgan fingerprint density at radius 2 is 1.81 bits per heavy atom. The minimum Gasteiger partial charge on any atom is -0.210 e. The fourth-order valence-electron chi connectivity index (χ4n) is 1.36. The van der Waals surface area contributed by atoms with Gasteiger partial charge < -0.3 is 0 Å². The van der Waals surface area contributed by atoms with Gasteiger partial charge in [0, 0.05) is 0 Å². The highest BCUT2D eigenvalue weighted by molar-refractivity contribution is 7.90. The van der Waals surface area contributed by atoms with Crippen molar-refractivity contribution in [2.75, 3.05) is 5.75 Å². The van der Waals surface area contributed by atoms with Crippen LogP contribution in [-0.2, 0) is 21.2 Å². The lowest BCUT2D eigenvalue weighted by atomic mass is 10.1. The smallest absolute Gasteiger partial charge is 0.210 e. The Hall–Kier alpha value is -1.45. The lowest BCUT2D eigenvalue weighted by Crippen LogP contribution is -2.02. The molecule has 0 aliphatic carbocycles. The number of nitrogens with zero attached hydrogens (tertiary/aromatic N) is 1. The fourth-order valence-corrected chi connectivity index (χ4v) is 2.13. The van der Waals surface area contributed by atoms with Gasteiger partial charge in [0.2, 0.25) is 0 Å². The molecule has 0 fully saturated rings. The van der Waals surface area contributed by atoms with Gasteiger partial charge in [-0.25, -0.2) is 13.2 Å². The van der Waals surface area contributed by atoms with E-state index in [-0.39, 0.29) is 5.75 Å². The van der Waals surface area contributed by atoms with Crippen LogP contribution < -0.4 is 0 Å². The second-order valence-electron chi connectivity index (χ2n) is 3.41. The normalized spacial score (nSPS) is 10.8. The molecule has 0 aromatic heterocycles. The summed E-state index contributed by atoms with van der Waals surface area (Å²) in [6.45, 7) is 0. The van der Waals surface area contributed by atoms with Crippen molar-refractivity contribution in [2.45, 2.75) is 19.3 Å². The molecule has 0 N–H and O–H groups in total. The summed E-state index contributed by atoms with van der Waals surface area (Å²) in [6, 6.07) is 9.83. The van der Waals surface area contributed by atoms with Gasteiger partial charge in [-0.1, -0.05) is 34.7 Å². The van der Waals surface area contributed by atoms with E-state index in [1.165, 1.54) is 5.56 Å². The maximum Gasteiger partial charge on any atom is 0.263 e. The fraction of sp³-hybridized carbons (Fsp3) is 0.364. The van der Waals surface area contributed by atoms with Crippen LogP contribution in [0.3, 0.4) is 0 Å². The quantitative estimate of drug-likeness (QED) is 0.431. The van der Waals surface area contributed by atoms with Gasteiger partial charge >= 0.3 is 0 Å². The Morgan fingerprint density at radius 3 is 2.44 bits per heavy atom.